The van der Waals surface area contributed by atoms with Crippen molar-refractivity contribution in [1.82, 2.24) is 20.5 Å². The quantitative estimate of drug-likeness (QED) is 0.0624. The monoisotopic (exact) mass is 966 g/mol. The van der Waals surface area contributed by atoms with Gasteiger partial charge in [0.15, 0.2) is 5.78 Å². The number of halogens is 1. The maximum atomic E-state index is 14.1. The van der Waals surface area contributed by atoms with Crippen LogP contribution in [-0.2, 0) is 19.1 Å². The number of nitrogens with zero attached hydrogens (tertiary/aromatic N) is 3. The number of aliphatic hydroxyl groups excluding tert-OH is 1. The third kappa shape index (κ3) is 12.3. The molecule has 1 aliphatic carbocycles. The van der Waals surface area contributed by atoms with E-state index < -0.39 is 35.4 Å². The fourth-order valence-corrected chi connectivity index (χ4v) is 11.0. The fourth-order valence-electron chi connectivity index (χ4n) is 9.93. The second-order valence-corrected chi connectivity index (χ2v) is 21.9. The number of hydrogen-bond acceptors (Lipinski definition) is 11. The number of thiazole rings is 1. The number of hydrogen-bond donors (Lipinski definition) is 4. The van der Waals surface area contributed by atoms with Crippen LogP contribution in [0, 0.1) is 34.5 Å². The van der Waals surface area contributed by atoms with E-state index in [2.05, 4.69) is 54.7 Å². The van der Waals surface area contributed by atoms with Gasteiger partial charge in [-0.1, -0.05) is 91.3 Å². The molecule has 2 aliphatic rings. The molecule has 1 aliphatic heterocycles. The molecule has 0 radical (unpaired) electrons. The predicted octanol–water partition coefficient (Wildman–Crippen LogP) is 9.11. The van der Waals surface area contributed by atoms with Crippen LogP contribution >= 0.6 is 22.9 Å². The zero-order chi connectivity index (χ0) is 49.6. The van der Waals surface area contributed by atoms with Crippen molar-refractivity contribution in [1.29, 1.82) is 5.26 Å². The summed E-state index contributed by atoms with van der Waals surface area (Å²) < 4.78 is 12.1. The first-order valence-corrected chi connectivity index (χ1v) is 24.8. The van der Waals surface area contributed by atoms with Crippen LogP contribution in [-0.4, -0.2) is 95.1 Å². The van der Waals surface area contributed by atoms with E-state index in [1.54, 1.807) is 41.7 Å². The van der Waals surface area contributed by atoms with E-state index in [-0.39, 0.29) is 66.6 Å². The lowest BCUT2D eigenvalue weighted by Gasteiger charge is -2.63. The molecule has 2 fully saturated rings. The Balaban J connectivity index is 0.887. The number of aryl methyl sites for hydroxylation is 1. The molecule has 0 spiro atoms. The third-order valence-corrected chi connectivity index (χ3v) is 14.7. The smallest absolute Gasteiger partial charge is 0.251 e. The second-order valence-electron chi connectivity index (χ2n) is 20.6. The van der Waals surface area contributed by atoms with Gasteiger partial charge in [0.05, 0.1) is 38.8 Å². The summed E-state index contributed by atoms with van der Waals surface area (Å²) in [7, 11) is 0. The zero-order valence-electron chi connectivity index (χ0n) is 40.8. The number of nitriles is 1. The number of nitrogens with one attached hydrogen (secondary N) is 3. The number of aromatic nitrogens is 1. The molecule has 13 nitrogen and oxygen atoms in total. The van der Waals surface area contributed by atoms with Crippen LogP contribution in [0.15, 0.2) is 72.2 Å². The third-order valence-electron chi connectivity index (χ3n) is 13.5. The first-order valence-electron chi connectivity index (χ1n) is 23.5. The number of benzene rings is 3. The highest BCUT2D eigenvalue weighted by atomic mass is 35.5. The van der Waals surface area contributed by atoms with E-state index in [0.29, 0.717) is 35.1 Å². The lowest BCUT2D eigenvalue weighted by Crippen LogP contribution is -2.74. The largest absolute Gasteiger partial charge is 0.489 e. The Labute approximate surface area is 410 Å². The number of ether oxygens (including phenoxy) is 2. The summed E-state index contributed by atoms with van der Waals surface area (Å²) in [6, 6.07) is 20.8. The van der Waals surface area contributed by atoms with Gasteiger partial charge in [0.1, 0.15) is 30.6 Å². The number of unbranched alkanes of at least 4 members (excludes halogenated alkanes) is 2. The molecule has 3 aromatic carbocycles. The lowest BCUT2D eigenvalue weighted by atomic mass is 9.49. The second kappa shape index (κ2) is 22.0. The van der Waals surface area contributed by atoms with Crippen molar-refractivity contribution in [2.75, 3.05) is 31.6 Å². The number of carbonyl (C=O) groups excluding carboxylic acids is 4. The number of anilines is 1. The maximum Gasteiger partial charge on any atom is 0.251 e. The van der Waals surface area contributed by atoms with Gasteiger partial charge in [-0.3, -0.25) is 19.2 Å². The van der Waals surface area contributed by atoms with Crippen LogP contribution in [0.25, 0.3) is 10.4 Å². The minimum Gasteiger partial charge on any atom is -0.489 e. The predicted molar refractivity (Wildman–Crippen MR) is 267 cm³/mol. The number of amides is 3. The summed E-state index contributed by atoms with van der Waals surface area (Å²) in [5, 5.41) is 29.7. The van der Waals surface area contributed by atoms with Crippen molar-refractivity contribution in [2.45, 2.75) is 131 Å². The van der Waals surface area contributed by atoms with Crippen LogP contribution in [0.2, 0.25) is 5.02 Å². The van der Waals surface area contributed by atoms with Crippen LogP contribution in [0.1, 0.15) is 121 Å². The summed E-state index contributed by atoms with van der Waals surface area (Å²) in [5.74, 6) is -0.608. The number of likely N-dealkylation sites (tertiary alicyclic amines) is 1. The normalized spacial score (nSPS) is 20.4. The van der Waals surface area contributed by atoms with Gasteiger partial charge in [0.25, 0.3) is 5.91 Å². The van der Waals surface area contributed by atoms with Gasteiger partial charge in [-0.25, -0.2) is 4.98 Å². The average Bonchev–Trinajstić information content (AvgIpc) is 3.91. The van der Waals surface area contributed by atoms with E-state index in [1.807, 2.05) is 76.5 Å². The minimum absolute atomic E-state index is 0.0265. The lowest BCUT2D eigenvalue weighted by molar-refractivity contribution is -0.164. The Morgan fingerprint density at radius 3 is 2.31 bits per heavy atom. The zero-order valence-corrected chi connectivity index (χ0v) is 42.4. The van der Waals surface area contributed by atoms with E-state index in [4.69, 9.17) is 21.1 Å². The average molecular weight is 968 g/mol. The van der Waals surface area contributed by atoms with E-state index >= 15 is 0 Å². The molecule has 1 saturated heterocycles. The fraction of sp³-hybridized carbons (Fsp3) is 0.509. The SMILES string of the molecule is Cc1ncsc1-c1ccc([C@H](C)CC(=O)[C@H]2C[C@@H](O)CN2C(=O)[C@@H](NC(=O)COCCCCCNc2ccc(C(=O)NC3C(C)(C)C(Oc4ccc(C#N)c(Cl)c4)C3(C)C)cc2)C(C)(C)C)cc1. The first-order chi connectivity index (χ1) is 32.1. The molecule has 0 bridgehead atoms. The number of carbonyl (C=O) groups is 4. The number of ketones is 1. The van der Waals surface area contributed by atoms with Crippen LogP contribution in [0.5, 0.6) is 5.75 Å². The Kier molecular flexibility index (Phi) is 16.8. The molecule has 1 saturated carbocycles. The van der Waals surface area contributed by atoms with Crippen molar-refractivity contribution in [3.63, 3.8) is 0 Å². The van der Waals surface area contributed by atoms with Gasteiger partial charge in [-0.15, -0.1) is 11.3 Å². The summed E-state index contributed by atoms with van der Waals surface area (Å²) in [6.07, 6.45) is 1.79. The number of β-amino-alcohol motifs (C(OH)–C–C–N with tert-alkyl or cyclic N) is 1. The van der Waals surface area contributed by atoms with Crippen molar-refractivity contribution in [3.8, 4) is 22.3 Å². The first kappa shape index (κ1) is 52.0. The highest BCUT2D eigenvalue weighted by molar-refractivity contribution is 7.13. The van der Waals surface area contributed by atoms with E-state index in [9.17, 15) is 29.5 Å². The molecule has 364 valence electrons. The number of aliphatic hydroxyl groups is 1. The molecular weight excluding hydrogens is 900 g/mol. The van der Waals surface area contributed by atoms with Crippen LogP contribution in [0.3, 0.4) is 0 Å². The highest BCUT2D eigenvalue weighted by Gasteiger charge is 2.64. The highest BCUT2D eigenvalue weighted by Crippen LogP contribution is 2.55. The van der Waals surface area contributed by atoms with Crippen LogP contribution in [0.4, 0.5) is 5.69 Å². The molecule has 3 amide bonds. The molecule has 4 atom stereocenters. The molecule has 4 aromatic rings. The van der Waals surface area contributed by atoms with Crippen molar-refractivity contribution < 1.29 is 33.8 Å². The summed E-state index contributed by atoms with van der Waals surface area (Å²) in [4.78, 5) is 61.2. The molecular formula is C53H67ClN6O7S. The summed E-state index contributed by atoms with van der Waals surface area (Å²) in [5.41, 5.74) is 5.31. The van der Waals surface area contributed by atoms with Crippen LogP contribution < -0.4 is 20.7 Å². The van der Waals surface area contributed by atoms with Crippen molar-refractivity contribution in [2.24, 2.45) is 16.2 Å². The van der Waals surface area contributed by atoms with Gasteiger partial charge in [0.2, 0.25) is 11.8 Å². The van der Waals surface area contributed by atoms with Crippen molar-refractivity contribution in [3.05, 3.63) is 99.6 Å². The van der Waals surface area contributed by atoms with Gasteiger partial charge in [-0.05, 0) is 85.0 Å². The Morgan fingerprint density at radius 2 is 1.69 bits per heavy atom. The van der Waals surface area contributed by atoms with Crippen molar-refractivity contribution >= 4 is 52.1 Å². The molecule has 4 N–H and O–H groups in total. The Hall–Kier alpha value is -5.33. The molecule has 2 heterocycles. The van der Waals surface area contributed by atoms with E-state index in [1.165, 1.54) is 4.90 Å². The number of rotatable bonds is 20. The maximum absolute atomic E-state index is 14.1. The summed E-state index contributed by atoms with van der Waals surface area (Å²) in [6.45, 7) is 18.7. The standard InChI is InChI=1S/C53H67ClN6O7S/c1-32(34-13-15-35(16-14-34)45-33(2)57-31-68-45)25-43(62)42-26-39(61)29-60(42)48(65)46(51(3,4)5)58-44(63)30-66-24-12-10-11-23-56-38-20-17-36(18-21-38)47(64)59-49-52(6,7)50(53(49,8)9)67-40-22-19-37(28-55)41(54)27-40/h13-22,27,31-32,39,42,46,49-50,56,61H,10-12,23-26,29-30H2,1-9H3,(H,58,63)(H,59,64)/t32-,39-,42-,46-,49?,50?/m1/s1. The molecule has 6 rings (SSSR count). The minimum atomic E-state index is -0.924. The topological polar surface area (TPSA) is 183 Å². The van der Waals surface area contributed by atoms with Gasteiger partial charge in [-0.2, -0.15) is 5.26 Å². The Morgan fingerprint density at radius 1 is 1.00 bits per heavy atom. The van der Waals surface area contributed by atoms with Gasteiger partial charge >= 0.3 is 0 Å². The Bertz CT molecular complexity index is 2440. The van der Waals surface area contributed by atoms with Gasteiger partial charge in [0, 0.05) is 66.7 Å². The van der Waals surface area contributed by atoms with E-state index in [0.717, 1.165) is 46.6 Å². The van der Waals surface area contributed by atoms with Gasteiger partial charge < -0.3 is 35.4 Å². The molecule has 68 heavy (non-hydrogen) atoms. The molecule has 15 heteroatoms. The molecule has 1 aromatic heterocycles. The summed E-state index contributed by atoms with van der Waals surface area (Å²) >= 11 is 7.83. The number of Topliss-reactive ketones (excluding diaryl/α,β-unsaturated/α-hetero) is 1. The molecule has 0 unspecified atom stereocenters.